The molecule has 7 nitrogen and oxygen atoms in total. The molecule has 3 amide bonds. The van der Waals surface area contributed by atoms with E-state index in [1.807, 2.05) is 18.2 Å². The Labute approximate surface area is 191 Å². The van der Waals surface area contributed by atoms with Crippen LogP contribution in [0.15, 0.2) is 70.7 Å². The lowest BCUT2D eigenvalue weighted by Crippen LogP contribution is -2.28. The molecule has 0 aliphatic carbocycles. The zero-order valence-electron chi connectivity index (χ0n) is 16.4. The van der Waals surface area contributed by atoms with E-state index >= 15 is 0 Å². The van der Waals surface area contributed by atoms with Gasteiger partial charge in [-0.2, -0.15) is 0 Å². The quantitative estimate of drug-likeness (QED) is 0.415. The van der Waals surface area contributed by atoms with E-state index in [0.29, 0.717) is 21.6 Å². The number of anilines is 1. The highest BCUT2D eigenvalue weighted by atomic mass is 35.5. The lowest BCUT2D eigenvalue weighted by Gasteiger charge is -2.11. The summed E-state index contributed by atoms with van der Waals surface area (Å²) in [5.41, 5.74) is 2.11. The van der Waals surface area contributed by atoms with Gasteiger partial charge in [-0.1, -0.05) is 29.8 Å². The summed E-state index contributed by atoms with van der Waals surface area (Å²) in [6, 6.07) is 15.1. The second-order valence-corrected chi connectivity index (χ2v) is 8.27. The Morgan fingerprint density at radius 2 is 1.84 bits per heavy atom. The van der Waals surface area contributed by atoms with E-state index in [-0.39, 0.29) is 23.2 Å². The van der Waals surface area contributed by atoms with Crippen molar-refractivity contribution in [3.8, 4) is 11.3 Å². The minimum Gasteiger partial charge on any atom is -0.467 e. The van der Waals surface area contributed by atoms with Crippen molar-refractivity contribution in [2.75, 3.05) is 5.32 Å². The zero-order valence-corrected chi connectivity index (χ0v) is 17.9. The number of aromatic nitrogens is 1. The van der Waals surface area contributed by atoms with Gasteiger partial charge in [-0.25, -0.2) is 4.98 Å². The monoisotopic (exact) mass is 463 g/mol. The van der Waals surface area contributed by atoms with Crippen LogP contribution in [0.1, 0.15) is 36.8 Å². The van der Waals surface area contributed by atoms with Crippen molar-refractivity contribution in [2.45, 2.75) is 6.54 Å². The van der Waals surface area contributed by atoms with Gasteiger partial charge in [0.2, 0.25) is 0 Å². The predicted octanol–water partition coefficient (Wildman–Crippen LogP) is 5.11. The van der Waals surface area contributed by atoms with Crippen molar-refractivity contribution in [3.63, 3.8) is 0 Å². The van der Waals surface area contributed by atoms with Crippen molar-refractivity contribution in [1.82, 2.24) is 9.88 Å². The number of furan rings is 1. The highest BCUT2D eigenvalue weighted by molar-refractivity contribution is 7.14. The second kappa shape index (κ2) is 8.07. The summed E-state index contributed by atoms with van der Waals surface area (Å²) in [4.78, 5) is 43.7. The molecule has 0 unspecified atom stereocenters. The van der Waals surface area contributed by atoms with Crippen molar-refractivity contribution < 1.29 is 18.8 Å². The minimum atomic E-state index is -0.466. The van der Waals surface area contributed by atoms with Crippen LogP contribution in [0.3, 0.4) is 0 Å². The summed E-state index contributed by atoms with van der Waals surface area (Å²) >= 11 is 7.48. The van der Waals surface area contributed by atoms with E-state index in [4.69, 9.17) is 16.0 Å². The predicted molar refractivity (Wildman–Crippen MR) is 120 cm³/mol. The first-order valence-electron chi connectivity index (χ1n) is 9.55. The van der Waals surface area contributed by atoms with Gasteiger partial charge in [0.05, 0.1) is 29.6 Å². The fourth-order valence-electron chi connectivity index (χ4n) is 3.43. The maximum absolute atomic E-state index is 12.8. The molecule has 0 fully saturated rings. The van der Waals surface area contributed by atoms with Crippen LogP contribution in [0, 0.1) is 0 Å². The van der Waals surface area contributed by atoms with Crippen LogP contribution in [0.5, 0.6) is 0 Å². The number of halogens is 1. The molecule has 0 radical (unpaired) electrons. The van der Waals surface area contributed by atoms with Crippen LogP contribution in [0.25, 0.3) is 11.3 Å². The standard InChI is InChI=1S/C23H14ClN3O4S/c24-18-6-2-1-5-16(18)19-12-32-23(25-19)26-20(28)13-7-8-15-17(10-13)22(30)27(21(15)29)11-14-4-3-9-31-14/h1-10,12H,11H2,(H,25,26,28). The number of rotatable bonds is 5. The number of amides is 3. The molecule has 0 spiro atoms. The number of imide groups is 1. The van der Waals surface area contributed by atoms with Gasteiger partial charge < -0.3 is 4.42 Å². The third-order valence-corrected chi connectivity index (χ3v) is 6.09. The molecule has 3 heterocycles. The molecule has 1 N–H and O–H groups in total. The minimum absolute atomic E-state index is 0.0326. The average molecular weight is 464 g/mol. The third-order valence-electron chi connectivity index (χ3n) is 5.00. The highest BCUT2D eigenvalue weighted by Crippen LogP contribution is 2.31. The molecular formula is C23H14ClN3O4S. The molecule has 0 saturated carbocycles. The number of thiazole rings is 1. The second-order valence-electron chi connectivity index (χ2n) is 7.01. The number of nitrogens with zero attached hydrogens (tertiary/aromatic N) is 2. The van der Waals surface area contributed by atoms with Gasteiger partial charge in [-0.15, -0.1) is 11.3 Å². The SMILES string of the molecule is O=C(Nc1nc(-c2ccccc2Cl)cs1)c1ccc2c(c1)C(=O)N(Cc1ccco1)C2=O. The van der Waals surface area contributed by atoms with Crippen LogP contribution in [0.2, 0.25) is 5.02 Å². The molecule has 32 heavy (non-hydrogen) atoms. The first-order chi connectivity index (χ1) is 15.5. The van der Waals surface area contributed by atoms with Gasteiger partial charge in [-0.05, 0) is 36.4 Å². The number of hydrogen-bond acceptors (Lipinski definition) is 6. The Bertz CT molecular complexity index is 1360. The van der Waals surface area contributed by atoms with Gasteiger partial charge in [0.1, 0.15) is 5.76 Å². The van der Waals surface area contributed by atoms with Gasteiger partial charge in [-0.3, -0.25) is 24.6 Å². The van der Waals surface area contributed by atoms with Gasteiger partial charge in [0, 0.05) is 21.5 Å². The average Bonchev–Trinajstić information content (AvgIpc) is 3.52. The first kappa shape index (κ1) is 20.2. The van der Waals surface area contributed by atoms with E-state index in [1.165, 1.54) is 35.8 Å². The van der Waals surface area contributed by atoms with E-state index in [0.717, 1.165) is 10.5 Å². The van der Waals surface area contributed by atoms with Gasteiger partial charge >= 0.3 is 0 Å². The molecule has 2 aromatic heterocycles. The Kier molecular flexibility index (Phi) is 5.08. The number of carbonyl (C=O) groups is 3. The summed E-state index contributed by atoms with van der Waals surface area (Å²) in [6.07, 6.45) is 1.48. The van der Waals surface area contributed by atoms with E-state index < -0.39 is 17.7 Å². The largest absolute Gasteiger partial charge is 0.467 e. The van der Waals surface area contributed by atoms with E-state index in [2.05, 4.69) is 10.3 Å². The van der Waals surface area contributed by atoms with Crippen LogP contribution in [0.4, 0.5) is 5.13 Å². The molecule has 158 valence electrons. The number of fused-ring (bicyclic) bond motifs is 1. The summed E-state index contributed by atoms with van der Waals surface area (Å²) in [7, 11) is 0. The Morgan fingerprint density at radius 1 is 1.03 bits per heavy atom. The van der Waals surface area contributed by atoms with Gasteiger partial charge in [0.15, 0.2) is 5.13 Å². The van der Waals surface area contributed by atoms with E-state index in [1.54, 1.807) is 23.6 Å². The third kappa shape index (κ3) is 3.59. The molecule has 0 atom stereocenters. The van der Waals surface area contributed by atoms with Gasteiger partial charge in [0.25, 0.3) is 17.7 Å². The lowest BCUT2D eigenvalue weighted by molar-refractivity contribution is 0.0631. The normalized spacial score (nSPS) is 12.8. The fraction of sp³-hybridized carbons (Fsp3) is 0.0435. The number of benzene rings is 2. The van der Waals surface area contributed by atoms with Crippen molar-refractivity contribution >= 4 is 45.8 Å². The molecule has 1 aliphatic rings. The van der Waals surface area contributed by atoms with Crippen LogP contribution < -0.4 is 5.32 Å². The summed E-state index contributed by atoms with van der Waals surface area (Å²) < 4.78 is 5.24. The molecule has 0 bridgehead atoms. The van der Waals surface area contributed by atoms with Crippen molar-refractivity contribution in [1.29, 1.82) is 0 Å². The lowest BCUT2D eigenvalue weighted by atomic mass is 10.1. The first-order valence-corrected chi connectivity index (χ1v) is 10.8. The van der Waals surface area contributed by atoms with Crippen LogP contribution in [-0.2, 0) is 6.54 Å². The number of hydrogen-bond donors (Lipinski definition) is 1. The Balaban J connectivity index is 1.35. The molecule has 2 aromatic carbocycles. The smallest absolute Gasteiger partial charge is 0.261 e. The Morgan fingerprint density at radius 3 is 2.62 bits per heavy atom. The molecule has 0 saturated heterocycles. The van der Waals surface area contributed by atoms with Crippen LogP contribution in [-0.4, -0.2) is 27.6 Å². The number of carbonyl (C=O) groups excluding carboxylic acids is 3. The molecule has 5 rings (SSSR count). The highest BCUT2D eigenvalue weighted by Gasteiger charge is 2.36. The van der Waals surface area contributed by atoms with Crippen molar-refractivity contribution in [3.05, 3.63) is 93.7 Å². The summed E-state index contributed by atoms with van der Waals surface area (Å²) in [5, 5.41) is 5.49. The van der Waals surface area contributed by atoms with Crippen LogP contribution >= 0.6 is 22.9 Å². The van der Waals surface area contributed by atoms with Crippen molar-refractivity contribution in [2.24, 2.45) is 0 Å². The Hall–Kier alpha value is -3.75. The zero-order chi connectivity index (χ0) is 22.2. The number of nitrogens with one attached hydrogen (secondary N) is 1. The summed E-state index contributed by atoms with van der Waals surface area (Å²) in [6.45, 7) is 0.0326. The fourth-order valence-corrected chi connectivity index (χ4v) is 4.37. The maximum Gasteiger partial charge on any atom is 0.261 e. The molecule has 1 aliphatic heterocycles. The molecule has 4 aromatic rings. The molecule has 9 heteroatoms. The van der Waals surface area contributed by atoms with E-state index in [9.17, 15) is 14.4 Å². The summed E-state index contributed by atoms with van der Waals surface area (Å²) in [5.74, 6) is -0.822. The maximum atomic E-state index is 12.8. The molecular weight excluding hydrogens is 450 g/mol. The topological polar surface area (TPSA) is 92.5 Å².